The Hall–Kier alpha value is -1.47. The molecule has 0 heterocycles. The van der Waals surface area contributed by atoms with Gasteiger partial charge in [0.15, 0.2) is 0 Å². The zero-order chi connectivity index (χ0) is 15.3. The van der Waals surface area contributed by atoms with Crippen molar-refractivity contribution < 1.29 is 17.6 Å². The molecule has 0 spiro atoms. The molecule has 1 amide bonds. The van der Waals surface area contributed by atoms with Crippen molar-refractivity contribution >= 4 is 15.9 Å². The minimum Gasteiger partial charge on any atom is -0.342 e. The van der Waals surface area contributed by atoms with Crippen molar-refractivity contribution in [3.63, 3.8) is 0 Å². The number of sulfonamides is 1. The second kappa shape index (κ2) is 6.81. The second-order valence-corrected chi connectivity index (χ2v) is 6.18. The first-order valence-electron chi connectivity index (χ1n) is 6.35. The van der Waals surface area contributed by atoms with Crippen molar-refractivity contribution in [2.45, 2.75) is 31.1 Å². The van der Waals surface area contributed by atoms with Crippen LogP contribution in [0.1, 0.15) is 36.5 Å². The Balaban J connectivity index is 2.89. The molecule has 0 saturated carbocycles. The first-order valence-corrected chi connectivity index (χ1v) is 7.89. The molecule has 112 valence electrons. The molecule has 0 radical (unpaired) electrons. The summed E-state index contributed by atoms with van der Waals surface area (Å²) in [6, 6.07) is 3.04. The summed E-state index contributed by atoms with van der Waals surface area (Å²) in [6.07, 6.45) is 2.86. The van der Waals surface area contributed by atoms with Gasteiger partial charge in [0.1, 0.15) is 5.82 Å². The predicted molar refractivity (Wildman–Crippen MR) is 74.3 cm³/mol. The molecule has 5 nitrogen and oxygen atoms in total. The maximum atomic E-state index is 13.8. The van der Waals surface area contributed by atoms with Crippen molar-refractivity contribution in [3.05, 3.63) is 29.6 Å². The Morgan fingerprint density at radius 3 is 2.50 bits per heavy atom. The van der Waals surface area contributed by atoms with Crippen LogP contribution in [0, 0.1) is 5.82 Å². The van der Waals surface area contributed by atoms with Gasteiger partial charge in [-0.2, -0.15) is 0 Å². The topological polar surface area (TPSA) is 80.5 Å². The SMILES string of the molecule is CCCCCN(C)C(=O)c1ccc(S(N)(=O)=O)cc1F. The monoisotopic (exact) mass is 302 g/mol. The van der Waals surface area contributed by atoms with Gasteiger partial charge in [-0.3, -0.25) is 4.79 Å². The summed E-state index contributed by atoms with van der Waals surface area (Å²) in [7, 11) is -2.38. The van der Waals surface area contributed by atoms with E-state index in [9.17, 15) is 17.6 Å². The number of primary sulfonamides is 1. The highest BCUT2D eigenvalue weighted by Gasteiger charge is 2.18. The zero-order valence-corrected chi connectivity index (χ0v) is 12.4. The molecule has 0 atom stereocenters. The number of rotatable bonds is 6. The number of hydrogen-bond acceptors (Lipinski definition) is 3. The van der Waals surface area contributed by atoms with Crippen molar-refractivity contribution in [1.29, 1.82) is 0 Å². The Labute approximate surface area is 118 Å². The van der Waals surface area contributed by atoms with Gasteiger partial charge in [0.25, 0.3) is 5.91 Å². The van der Waals surface area contributed by atoms with Crippen molar-refractivity contribution in [2.75, 3.05) is 13.6 Å². The highest BCUT2D eigenvalue weighted by Crippen LogP contribution is 2.15. The number of nitrogens with two attached hydrogens (primary N) is 1. The fraction of sp³-hybridized carbons (Fsp3) is 0.462. The average Bonchev–Trinajstić information content (AvgIpc) is 2.37. The van der Waals surface area contributed by atoms with E-state index in [2.05, 4.69) is 0 Å². The average molecular weight is 302 g/mol. The van der Waals surface area contributed by atoms with Crippen LogP contribution in [-0.2, 0) is 10.0 Å². The zero-order valence-electron chi connectivity index (χ0n) is 11.6. The Morgan fingerprint density at radius 2 is 2.00 bits per heavy atom. The van der Waals surface area contributed by atoms with E-state index >= 15 is 0 Å². The molecule has 1 aromatic rings. The second-order valence-electron chi connectivity index (χ2n) is 4.62. The van der Waals surface area contributed by atoms with Crippen LogP contribution in [0.4, 0.5) is 4.39 Å². The van der Waals surface area contributed by atoms with E-state index in [-0.39, 0.29) is 10.5 Å². The molecule has 0 aromatic heterocycles. The van der Waals surface area contributed by atoms with Gasteiger partial charge >= 0.3 is 0 Å². The number of carbonyl (C=O) groups is 1. The third-order valence-corrected chi connectivity index (χ3v) is 3.85. The molecule has 0 aliphatic rings. The summed E-state index contributed by atoms with van der Waals surface area (Å²) in [4.78, 5) is 13.1. The lowest BCUT2D eigenvalue weighted by Gasteiger charge is -2.17. The normalized spacial score (nSPS) is 11.4. The summed E-state index contributed by atoms with van der Waals surface area (Å²) < 4.78 is 36.0. The lowest BCUT2D eigenvalue weighted by Crippen LogP contribution is -2.28. The molecule has 2 N–H and O–H groups in total. The van der Waals surface area contributed by atoms with E-state index in [4.69, 9.17) is 5.14 Å². The van der Waals surface area contributed by atoms with E-state index in [0.717, 1.165) is 37.5 Å². The molecule has 0 saturated heterocycles. The maximum absolute atomic E-state index is 13.8. The van der Waals surface area contributed by atoms with Crippen molar-refractivity contribution in [2.24, 2.45) is 5.14 Å². The number of carbonyl (C=O) groups excluding carboxylic acids is 1. The van der Waals surface area contributed by atoms with E-state index in [1.54, 1.807) is 7.05 Å². The first kappa shape index (κ1) is 16.6. The van der Waals surface area contributed by atoms with Crippen LogP contribution in [0.5, 0.6) is 0 Å². The number of hydrogen-bond donors (Lipinski definition) is 1. The summed E-state index contributed by atoms with van der Waals surface area (Å²) in [5.74, 6) is -1.36. The fourth-order valence-corrected chi connectivity index (χ4v) is 2.28. The van der Waals surface area contributed by atoms with Crippen LogP contribution >= 0.6 is 0 Å². The van der Waals surface area contributed by atoms with Crippen LogP contribution in [-0.4, -0.2) is 32.8 Å². The van der Waals surface area contributed by atoms with Gasteiger partial charge in [-0.05, 0) is 24.6 Å². The maximum Gasteiger partial charge on any atom is 0.256 e. The van der Waals surface area contributed by atoms with E-state index in [1.165, 1.54) is 4.90 Å². The summed E-state index contributed by atoms with van der Waals surface area (Å²) in [5, 5.41) is 4.90. The number of unbranched alkanes of at least 4 members (excludes halogenated alkanes) is 2. The Morgan fingerprint density at radius 1 is 1.35 bits per heavy atom. The standard InChI is InChI=1S/C13H19FN2O3S/c1-3-4-5-8-16(2)13(17)11-7-6-10(9-12(11)14)20(15,18)19/h6-7,9H,3-5,8H2,1-2H3,(H2,15,18,19). The van der Waals surface area contributed by atoms with Crippen molar-refractivity contribution in [3.8, 4) is 0 Å². The Kier molecular flexibility index (Phi) is 5.64. The lowest BCUT2D eigenvalue weighted by molar-refractivity contribution is 0.0788. The predicted octanol–water partition coefficient (Wildman–Crippen LogP) is 1.74. The van der Waals surface area contributed by atoms with Crippen LogP contribution in [0.15, 0.2) is 23.1 Å². The molecular formula is C13H19FN2O3S. The van der Waals surface area contributed by atoms with E-state index < -0.39 is 21.7 Å². The van der Waals surface area contributed by atoms with Gasteiger partial charge in [-0.15, -0.1) is 0 Å². The smallest absolute Gasteiger partial charge is 0.256 e. The van der Waals surface area contributed by atoms with Gasteiger partial charge in [-0.25, -0.2) is 17.9 Å². The van der Waals surface area contributed by atoms with Gasteiger partial charge in [0, 0.05) is 13.6 Å². The lowest BCUT2D eigenvalue weighted by atomic mass is 10.1. The number of amides is 1. The van der Waals surface area contributed by atoms with Gasteiger partial charge < -0.3 is 4.90 Å². The molecule has 0 fully saturated rings. The fourth-order valence-electron chi connectivity index (χ4n) is 1.75. The van der Waals surface area contributed by atoms with Crippen LogP contribution in [0.3, 0.4) is 0 Å². The van der Waals surface area contributed by atoms with Gasteiger partial charge in [0.2, 0.25) is 10.0 Å². The van der Waals surface area contributed by atoms with Crippen LogP contribution in [0.25, 0.3) is 0 Å². The molecule has 0 bridgehead atoms. The van der Waals surface area contributed by atoms with E-state index in [1.807, 2.05) is 6.92 Å². The highest BCUT2D eigenvalue weighted by atomic mass is 32.2. The quantitative estimate of drug-likeness (QED) is 0.813. The molecular weight excluding hydrogens is 283 g/mol. The summed E-state index contributed by atoms with van der Waals surface area (Å²) in [6.45, 7) is 2.58. The molecule has 7 heteroatoms. The molecule has 0 aliphatic carbocycles. The van der Waals surface area contributed by atoms with Gasteiger partial charge in [0.05, 0.1) is 10.5 Å². The van der Waals surface area contributed by atoms with E-state index in [0.29, 0.717) is 6.54 Å². The largest absolute Gasteiger partial charge is 0.342 e. The Bertz CT molecular complexity index is 587. The molecule has 1 aromatic carbocycles. The minimum absolute atomic E-state index is 0.156. The highest BCUT2D eigenvalue weighted by molar-refractivity contribution is 7.89. The third-order valence-electron chi connectivity index (χ3n) is 2.94. The van der Waals surface area contributed by atoms with Crippen molar-refractivity contribution in [1.82, 2.24) is 4.90 Å². The first-order chi connectivity index (χ1) is 9.27. The minimum atomic E-state index is -3.97. The third kappa shape index (κ3) is 4.28. The molecule has 0 aliphatic heterocycles. The van der Waals surface area contributed by atoms with Gasteiger partial charge in [-0.1, -0.05) is 19.8 Å². The van der Waals surface area contributed by atoms with Crippen LogP contribution < -0.4 is 5.14 Å². The van der Waals surface area contributed by atoms with Crippen LogP contribution in [0.2, 0.25) is 0 Å². The summed E-state index contributed by atoms with van der Waals surface area (Å²) >= 11 is 0. The number of benzene rings is 1. The number of nitrogens with zero attached hydrogens (tertiary/aromatic N) is 1. The molecule has 0 unspecified atom stereocenters. The molecule has 1 rings (SSSR count). The summed E-state index contributed by atoms with van der Waals surface area (Å²) in [5.41, 5.74) is -0.156. The molecule has 20 heavy (non-hydrogen) atoms. The number of halogens is 1.